The first kappa shape index (κ1) is 18.1. The van der Waals surface area contributed by atoms with Crippen LogP contribution >= 0.6 is 11.3 Å². The standard InChI is InChI=1S/C21H23N3OS/c1-3-24(4-2)21(25)22-14-16-9-8-12-18(13-16)20-23-19(15-26-20)17-10-6-5-7-11-17/h5-13,15H,3-4,14H2,1-2H3,(H,22,25). The summed E-state index contributed by atoms with van der Waals surface area (Å²) in [6.07, 6.45) is 0. The molecule has 0 saturated heterocycles. The Hall–Kier alpha value is -2.66. The van der Waals surface area contributed by atoms with Crippen molar-refractivity contribution in [3.8, 4) is 21.8 Å². The van der Waals surface area contributed by atoms with Gasteiger partial charge in [-0.1, -0.05) is 48.5 Å². The zero-order valence-corrected chi connectivity index (χ0v) is 15.9. The van der Waals surface area contributed by atoms with E-state index in [2.05, 4.69) is 35.0 Å². The molecule has 0 fully saturated rings. The van der Waals surface area contributed by atoms with Gasteiger partial charge in [0.1, 0.15) is 5.01 Å². The van der Waals surface area contributed by atoms with Crippen molar-refractivity contribution in [3.05, 3.63) is 65.5 Å². The molecule has 0 saturated carbocycles. The van der Waals surface area contributed by atoms with E-state index in [9.17, 15) is 4.79 Å². The number of nitrogens with one attached hydrogen (secondary N) is 1. The largest absolute Gasteiger partial charge is 0.334 e. The predicted octanol–water partition coefficient (Wildman–Crippen LogP) is 5.03. The lowest BCUT2D eigenvalue weighted by atomic mass is 10.1. The van der Waals surface area contributed by atoms with Crippen LogP contribution in [0.4, 0.5) is 4.79 Å². The molecule has 2 aromatic carbocycles. The molecule has 5 heteroatoms. The number of hydrogen-bond donors (Lipinski definition) is 1. The topological polar surface area (TPSA) is 45.2 Å². The third-order valence-corrected chi connectivity index (χ3v) is 5.13. The summed E-state index contributed by atoms with van der Waals surface area (Å²) < 4.78 is 0. The first-order valence-corrected chi connectivity index (χ1v) is 9.72. The number of thiazole rings is 1. The molecular formula is C21H23N3OS. The van der Waals surface area contributed by atoms with Crippen LogP contribution in [0.5, 0.6) is 0 Å². The molecule has 0 bridgehead atoms. The van der Waals surface area contributed by atoms with Crippen LogP contribution in [0.25, 0.3) is 21.8 Å². The van der Waals surface area contributed by atoms with Gasteiger partial charge in [0, 0.05) is 36.1 Å². The average Bonchev–Trinajstić information content (AvgIpc) is 3.18. The first-order valence-electron chi connectivity index (χ1n) is 8.84. The molecular weight excluding hydrogens is 342 g/mol. The molecule has 0 radical (unpaired) electrons. The smallest absolute Gasteiger partial charge is 0.317 e. The minimum atomic E-state index is -0.0268. The molecule has 134 valence electrons. The molecule has 2 amide bonds. The van der Waals surface area contributed by atoms with Crippen LogP contribution in [-0.4, -0.2) is 29.0 Å². The van der Waals surface area contributed by atoms with Crippen LogP contribution < -0.4 is 5.32 Å². The molecule has 1 aromatic heterocycles. The summed E-state index contributed by atoms with van der Waals surface area (Å²) in [6, 6.07) is 18.3. The second-order valence-electron chi connectivity index (χ2n) is 5.94. The molecule has 3 aromatic rings. The van der Waals surface area contributed by atoms with E-state index in [1.54, 1.807) is 16.2 Å². The third-order valence-electron chi connectivity index (χ3n) is 4.24. The Morgan fingerprint density at radius 1 is 1.04 bits per heavy atom. The number of nitrogens with zero attached hydrogens (tertiary/aromatic N) is 2. The fraction of sp³-hybridized carbons (Fsp3) is 0.238. The first-order chi connectivity index (χ1) is 12.7. The highest BCUT2D eigenvalue weighted by Crippen LogP contribution is 2.29. The maximum atomic E-state index is 12.1. The normalized spacial score (nSPS) is 10.5. The Labute approximate surface area is 158 Å². The van der Waals surface area contributed by atoms with E-state index in [0.717, 1.165) is 27.4 Å². The Kier molecular flexibility index (Phi) is 6.02. The Morgan fingerprint density at radius 2 is 1.77 bits per heavy atom. The van der Waals surface area contributed by atoms with Crippen LogP contribution in [0.15, 0.2) is 60.0 Å². The van der Waals surface area contributed by atoms with Crippen molar-refractivity contribution < 1.29 is 4.79 Å². The molecule has 4 nitrogen and oxygen atoms in total. The highest BCUT2D eigenvalue weighted by molar-refractivity contribution is 7.13. The monoisotopic (exact) mass is 365 g/mol. The Bertz CT molecular complexity index is 856. The lowest BCUT2D eigenvalue weighted by molar-refractivity contribution is 0.203. The molecule has 26 heavy (non-hydrogen) atoms. The van der Waals surface area contributed by atoms with Crippen molar-refractivity contribution in [1.82, 2.24) is 15.2 Å². The molecule has 0 spiro atoms. The minimum absolute atomic E-state index is 0.0268. The van der Waals surface area contributed by atoms with Crippen LogP contribution in [0.3, 0.4) is 0 Å². The van der Waals surface area contributed by atoms with E-state index in [1.807, 2.05) is 44.2 Å². The van der Waals surface area contributed by atoms with Gasteiger partial charge in [-0.2, -0.15) is 0 Å². The summed E-state index contributed by atoms with van der Waals surface area (Å²) in [4.78, 5) is 18.6. The summed E-state index contributed by atoms with van der Waals surface area (Å²) in [5, 5.41) is 6.05. The van der Waals surface area contributed by atoms with Crippen molar-refractivity contribution in [2.45, 2.75) is 20.4 Å². The van der Waals surface area contributed by atoms with Crippen LogP contribution in [0.2, 0.25) is 0 Å². The van der Waals surface area contributed by atoms with E-state index >= 15 is 0 Å². The fourth-order valence-electron chi connectivity index (χ4n) is 2.76. The number of carbonyl (C=O) groups excluding carboxylic acids is 1. The lowest BCUT2D eigenvalue weighted by Crippen LogP contribution is -2.39. The maximum absolute atomic E-state index is 12.1. The number of amides is 2. The van der Waals surface area contributed by atoms with Crippen LogP contribution in [0.1, 0.15) is 19.4 Å². The molecule has 0 aliphatic heterocycles. The van der Waals surface area contributed by atoms with Crippen molar-refractivity contribution in [2.75, 3.05) is 13.1 Å². The van der Waals surface area contributed by atoms with Crippen molar-refractivity contribution >= 4 is 17.4 Å². The number of rotatable bonds is 6. The van der Waals surface area contributed by atoms with Gasteiger partial charge in [0.25, 0.3) is 0 Å². The molecule has 0 aliphatic rings. The number of benzene rings is 2. The number of carbonyl (C=O) groups is 1. The summed E-state index contributed by atoms with van der Waals surface area (Å²) in [5.41, 5.74) is 4.26. The summed E-state index contributed by atoms with van der Waals surface area (Å²) in [5.74, 6) is 0. The SMILES string of the molecule is CCN(CC)C(=O)NCc1cccc(-c2nc(-c3ccccc3)cs2)c1. The summed E-state index contributed by atoms with van der Waals surface area (Å²) in [6.45, 7) is 5.90. The van der Waals surface area contributed by atoms with Gasteiger partial charge >= 0.3 is 6.03 Å². The van der Waals surface area contributed by atoms with Crippen molar-refractivity contribution in [1.29, 1.82) is 0 Å². The van der Waals surface area contributed by atoms with Gasteiger partial charge in [0.15, 0.2) is 0 Å². The van der Waals surface area contributed by atoms with E-state index in [-0.39, 0.29) is 6.03 Å². The molecule has 0 atom stereocenters. The number of hydrogen-bond acceptors (Lipinski definition) is 3. The quantitative estimate of drug-likeness (QED) is 0.666. The average molecular weight is 366 g/mol. The van der Waals surface area contributed by atoms with Gasteiger partial charge < -0.3 is 10.2 Å². The Morgan fingerprint density at radius 3 is 2.50 bits per heavy atom. The third kappa shape index (κ3) is 4.29. The van der Waals surface area contributed by atoms with Gasteiger partial charge in [-0.15, -0.1) is 11.3 Å². The second kappa shape index (κ2) is 8.63. The number of urea groups is 1. The second-order valence-corrected chi connectivity index (χ2v) is 6.79. The highest BCUT2D eigenvalue weighted by Gasteiger charge is 2.10. The van der Waals surface area contributed by atoms with Gasteiger partial charge in [0.05, 0.1) is 5.69 Å². The van der Waals surface area contributed by atoms with Crippen LogP contribution in [-0.2, 0) is 6.54 Å². The fourth-order valence-corrected chi connectivity index (χ4v) is 3.59. The predicted molar refractivity (Wildman–Crippen MR) is 108 cm³/mol. The molecule has 0 unspecified atom stereocenters. The summed E-state index contributed by atoms with van der Waals surface area (Å²) >= 11 is 1.64. The van der Waals surface area contributed by atoms with E-state index in [1.165, 1.54) is 0 Å². The van der Waals surface area contributed by atoms with Gasteiger partial charge in [0.2, 0.25) is 0 Å². The van der Waals surface area contributed by atoms with Crippen LogP contribution in [0, 0.1) is 0 Å². The summed E-state index contributed by atoms with van der Waals surface area (Å²) in [7, 11) is 0. The molecule has 3 rings (SSSR count). The van der Waals surface area contributed by atoms with Gasteiger partial charge in [-0.3, -0.25) is 0 Å². The zero-order valence-electron chi connectivity index (χ0n) is 15.1. The van der Waals surface area contributed by atoms with E-state index in [0.29, 0.717) is 19.6 Å². The number of aromatic nitrogens is 1. The lowest BCUT2D eigenvalue weighted by Gasteiger charge is -2.19. The Balaban J connectivity index is 1.72. The molecule has 1 heterocycles. The minimum Gasteiger partial charge on any atom is -0.334 e. The molecule has 0 aliphatic carbocycles. The van der Waals surface area contributed by atoms with E-state index in [4.69, 9.17) is 4.98 Å². The zero-order chi connectivity index (χ0) is 18.4. The van der Waals surface area contributed by atoms with E-state index < -0.39 is 0 Å². The van der Waals surface area contributed by atoms with Gasteiger partial charge in [-0.05, 0) is 25.5 Å². The van der Waals surface area contributed by atoms with Crippen molar-refractivity contribution in [3.63, 3.8) is 0 Å². The van der Waals surface area contributed by atoms with Gasteiger partial charge in [-0.25, -0.2) is 9.78 Å². The highest BCUT2D eigenvalue weighted by atomic mass is 32.1. The molecule has 1 N–H and O–H groups in total. The maximum Gasteiger partial charge on any atom is 0.317 e. The van der Waals surface area contributed by atoms with Crippen molar-refractivity contribution in [2.24, 2.45) is 0 Å².